The number of rotatable bonds is 3. The highest BCUT2D eigenvalue weighted by molar-refractivity contribution is 5.38. The summed E-state index contributed by atoms with van der Waals surface area (Å²) in [6.07, 6.45) is 3.77. The van der Waals surface area contributed by atoms with Gasteiger partial charge in [-0.05, 0) is 6.07 Å². The highest BCUT2D eigenvalue weighted by Crippen LogP contribution is 2.03. The van der Waals surface area contributed by atoms with Crippen LogP contribution in [0.25, 0.3) is 5.65 Å². The van der Waals surface area contributed by atoms with Gasteiger partial charge < -0.3 is 0 Å². The maximum atomic E-state index is 10.1. The monoisotopic (exact) mass is 192 g/mol. The largest absolute Gasteiger partial charge is 0.265 e. The molecule has 6 nitrogen and oxygen atoms in total. The lowest BCUT2D eigenvalue weighted by Crippen LogP contribution is -2.04. The van der Waals surface area contributed by atoms with Crippen molar-refractivity contribution in [2.45, 2.75) is 6.42 Å². The van der Waals surface area contributed by atoms with Crippen LogP contribution in [0.4, 0.5) is 0 Å². The van der Waals surface area contributed by atoms with Gasteiger partial charge in [0.1, 0.15) is 0 Å². The summed E-state index contributed by atoms with van der Waals surface area (Å²) >= 11 is 0. The second-order valence-electron chi connectivity index (χ2n) is 2.86. The molecule has 14 heavy (non-hydrogen) atoms. The Bertz CT molecular complexity index is 432. The van der Waals surface area contributed by atoms with Crippen LogP contribution in [0.3, 0.4) is 0 Å². The van der Waals surface area contributed by atoms with Crippen LogP contribution in [0.2, 0.25) is 0 Å². The minimum atomic E-state index is -0.350. The third-order valence-corrected chi connectivity index (χ3v) is 1.84. The molecular formula is C8H8N4O2. The summed E-state index contributed by atoms with van der Waals surface area (Å²) in [4.78, 5) is 13.9. The highest BCUT2D eigenvalue weighted by atomic mass is 16.6. The van der Waals surface area contributed by atoms with E-state index < -0.39 is 0 Å². The molecule has 0 spiro atoms. The van der Waals surface area contributed by atoms with Gasteiger partial charge in [0.25, 0.3) is 0 Å². The van der Waals surface area contributed by atoms with Crippen LogP contribution in [-0.2, 0) is 6.42 Å². The Hall–Kier alpha value is -1.98. The molecule has 0 aliphatic heterocycles. The zero-order chi connectivity index (χ0) is 9.97. The van der Waals surface area contributed by atoms with E-state index in [2.05, 4.69) is 10.1 Å². The van der Waals surface area contributed by atoms with Gasteiger partial charge in [-0.2, -0.15) is 5.10 Å². The van der Waals surface area contributed by atoms with Crippen LogP contribution in [0, 0.1) is 10.1 Å². The number of aromatic nitrogens is 3. The van der Waals surface area contributed by atoms with Crippen LogP contribution < -0.4 is 0 Å². The fraction of sp³-hybridized carbons (Fsp3) is 0.250. The topological polar surface area (TPSA) is 73.3 Å². The van der Waals surface area contributed by atoms with Crippen LogP contribution in [-0.4, -0.2) is 26.1 Å². The van der Waals surface area contributed by atoms with Crippen molar-refractivity contribution in [1.29, 1.82) is 0 Å². The number of hydrogen-bond donors (Lipinski definition) is 0. The Morgan fingerprint density at radius 3 is 3.14 bits per heavy atom. The first-order valence-electron chi connectivity index (χ1n) is 4.17. The van der Waals surface area contributed by atoms with Gasteiger partial charge in [0, 0.05) is 23.4 Å². The predicted octanol–water partition coefficient (Wildman–Crippen LogP) is 0.548. The maximum Gasteiger partial charge on any atom is 0.209 e. The molecule has 0 saturated carbocycles. The normalized spacial score (nSPS) is 10.6. The first-order chi connectivity index (χ1) is 6.75. The molecule has 0 N–H and O–H groups in total. The number of nitro groups is 1. The number of nitrogens with zero attached hydrogens (tertiary/aromatic N) is 4. The van der Waals surface area contributed by atoms with E-state index in [4.69, 9.17) is 0 Å². The molecule has 0 aromatic carbocycles. The van der Waals surface area contributed by atoms with E-state index in [1.54, 1.807) is 29.0 Å². The Labute approximate surface area is 79.3 Å². The van der Waals surface area contributed by atoms with Crippen molar-refractivity contribution in [3.05, 3.63) is 40.3 Å². The van der Waals surface area contributed by atoms with Crippen LogP contribution in [0.1, 0.15) is 5.69 Å². The predicted molar refractivity (Wildman–Crippen MR) is 48.6 cm³/mol. The third kappa shape index (κ3) is 1.68. The summed E-state index contributed by atoms with van der Waals surface area (Å²) in [5.74, 6) is 0. The van der Waals surface area contributed by atoms with Crippen molar-refractivity contribution in [2.75, 3.05) is 6.54 Å². The summed E-state index contributed by atoms with van der Waals surface area (Å²) in [6.45, 7) is -0.0934. The molecule has 0 amide bonds. The van der Waals surface area contributed by atoms with Gasteiger partial charge in [-0.15, -0.1) is 0 Å². The average Bonchev–Trinajstić information content (AvgIpc) is 2.57. The Morgan fingerprint density at radius 1 is 1.57 bits per heavy atom. The van der Waals surface area contributed by atoms with Gasteiger partial charge >= 0.3 is 0 Å². The lowest BCUT2D eigenvalue weighted by atomic mass is 10.3. The summed E-state index contributed by atoms with van der Waals surface area (Å²) in [6, 6.07) is 3.51. The van der Waals surface area contributed by atoms with Crippen LogP contribution in [0.5, 0.6) is 0 Å². The molecule has 72 valence electrons. The molecule has 0 unspecified atom stereocenters. The Morgan fingerprint density at radius 2 is 2.43 bits per heavy atom. The van der Waals surface area contributed by atoms with Crippen molar-refractivity contribution in [1.82, 2.24) is 14.6 Å². The lowest BCUT2D eigenvalue weighted by molar-refractivity contribution is -0.479. The van der Waals surface area contributed by atoms with E-state index >= 15 is 0 Å². The molecule has 0 bridgehead atoms. The molecule has 6 heteroatoms. The maximum absolute atomic E-state index is 10.1. The van der Waals surface area contributed by atoms with Crippen molar-refractivity contribution < 1.29 is 4.92 Å². The number of hydrogen-bond acceptors (Lipinski definition) is 4. The molecule has 0 fully saturated rings. The average molecular weight is 192 g/mol. The van der Waals surface area contributed by atoms with Crippen LogP contribution >= 0.6 is 0 Å². The first-order valence-corrected chi connectivity index (χ1v) is 4.17. The van der Waals surface area contributed by atoms with Gasteiger partial charge in [0.05, 0.1) is 12.1 Å². The smallest absolute Gasteiger partial charge is 0.209 e. The molecule has 2 aromatic heterocycles. The summed E-state index contributed by atoms with van der Waals surface area (Å²) in [5.41, 5.74) is 1.41. The molecule has 2 rings (SSSR count). The fourth-order valence-corrected chi connectivity index (χ4v) is 1.21. The SMILES string of the molecule is O=[N+]([O-])CCc1cc2ncccn2n1. The molecule has 0 aliphatic carbocycles. The number of fused-ring (bicyclic) bond motifs is 1. The summed E-state index contributed by atoms with van der Waals surface area (Å²) in [7, 11) is 0. The standard InChI is InChI=1S/C8H8N4O2/c13-12(14)5-2-7-6-8-9-3-1-4-11(8)10-7/h1,3-4,6H,2,5H2. The Kier molecular flexibility index (Phi) is 2.10. The minimum absolute atomic E-state index is 0.0934. The van der Waals surface area contributed by atoms with E-state index in [0.717, 1.165) is 0 Å². The van der Waals surface area contributed by atoms with E-state index in [0.29, 0.717) is 17.8 Å². The van der Waals surface area contributed by atoms with Gasteiger partial charge in [0.15, 0.2) is 5.65 Å². The molecule has 0 radical (unpaired) electrons. The van der Waals surface area contributed by atoms with Gasteiger partial charge in [-0.25, -0.2) is 9.50 Å². The third-order valence-electron chi connectivity index (χ3n) is 1.84. The van der Waals surface area contributed by atoms with Gasteiger partial charge in [-0.3, -0.25) is 10.1 Å². The summed E-state index contributed by atoms with van der Waals surface area (Å²) in [5, 5.41) is 14.3. The second kappa shape index (κ2) is 3.41. The second-order valence-corrected chi connectivity index (χ2v) is 2.86. The molecule has 0 saturated heterocycles. The first kappa shape index (κ1) is 8.61. The van der Waals surface area contributed by atoms with E-state index in [1.165, 1.54) is 0 Å². The quantitative estimate of drug-likeness (QED) is 0.525. The van der Waals surface area contributed by atoms with E-state index in [9.17, 15) is 10.1 Å². The molecule has 0 atom stereocenters. The zero-order valence-corrected chi connectivity index (χ0v) is 7.33. The lowest BCUT2D eigenvalue weighted by Gasteiger charge is -1.88. The van der Waals surface area contributed by atoms with Gasteiger partial charge in [-0.1, -0.05) is 0 Å². The minimum Gasteiger partial charge on any atom is -0.265 e. The molecule has 2 heterocycles. The van der Waals surface area contributed by atoms with Crippen molar-refractivity contribution in [3.63, 3.8) is 0 Å². The van der Waals surface area contributed by atoms with Crippen molar-refractivity contribution in [3.8, 4) is 0 Å². The van der Waals surface area contributed by atoms with Crippen molar-refractivity contribution in [2.24, 2.45) is 0 Å². The Balaban J connectivity index is 2.22. The summed E-state index contributed by atoms with van der Waals surface area (Å²) < 4.78 is 1.61. The van der Waals surface area contributed by atoms with Crippen LogP contribution in [0.15, 0.2) is 24.5 Å². The molecule has 2 aromatic rings. The highest BCUT2D eigenvalue weighted by Gasteiger charge is 2.04. The van der Waals surface area contributed by atoms with E-state index in [-0.39, 0.29) is 11.5 Å². The van der Waals surface area contributed by atoms with Crippen molar-refractivity contribution >= 4 is 5.65 Å². The van der Waals surface area contributed by atoms with E-state index in [1.807, 2.05) is 0 Å². The fourth-order valence-electron chi connectivity index (χ4n) is 1.21. The van der Waals surface area contributed by atoms with Gasteiger partial charge in [0.2, 0.25) is 6.54 Å². The molecule has 0 aliphatic rings. The zero-order valence-electron chi connectivity index (χ0n) is 7.33. The molecular weight excluding hydrogens is 184 g/mol.